The Morgan fingerprint density at radius 1 is 0.769 bits per heavy atom. The van der Waals surface area contributed by atoms with Crippen molar-refractivity contribution in [2.24, 2.45) is 0 Å². The van der Waals surface area contributed by atoms with E-state index >= 15 is 0 Å². The van der Waals surface area contributed by atoms with Crippen LogP contribution in [0.4, 0.5) is 0 Å². The molecule has 0 spiro atoms. The summed E-state index contributed by atoms with van der Waals surface area (Å²) in [7, 11) is 1.36. The molecule has 70 valence electrons. The molecule has 2 aliphatic rings. The van der Waals surface area contributed by atoms with Crippen molar-refractivity contribution in [1.29, 1.82) is 0 Å². The summed E-state index contributed by atoms with van der Waals surface area (Å²) in [6.07, 6.45) is 14.4. The van der Waals surface area contributed by atoms with Gasteiger partial charge >= 0.3 is 0 Å². The minimum absolute atomic E-state index is 0. The molecule has 2 fully saturated rings. The van der Waals surface area contributed by atoms with E-state index in [2.05, 4.69) is 26.2 Å². The molecule has 0 N–H and O–H groups in total. The van der Waals surface area contributed by atoms with Gasteiger partial charge in [-0.25, -0.2) is 0 Å². The molecule has 1 aliphatic carbocycles. The quantitative estimate of drug-likeness (QED) is 0.443. The summed E-state index contributed by atoms with van der Waals surface area (Å²) in [6, 6.07) is 0. The van der Waals surface area contributed by atoms with Crippen LogP contribution in [0.2, 0.25) is 0 Å². The predicted octanol–water partition coefficient (Wildman–Crippen LogP) is 3.48. The summed E-state index contributed by atoms with van der Waals surface area (Å²) < 4.78 is 0. The van der Waals surface area contributed by atoms with Crippen LogP contribution in [0.3, 0.4) is 0 Å². The van der Waals surface area contributed by atoms with E-state index in [4.69, 9.17) is 0 Å². The van der Waals surface area contributed by atoms with Crippen molar-refractivity contribution >= 4 is 8.58 Å². The summed E-state index contributed by atoms with van der Waals surface area (Å²) in [5.74, 6) is 2.86. The fourth-order valence-electron chi connectivity index (χ4n) is 0.785. The van der Waals surface area contributed by atoms with Crippen LogP contribution >= 0.6 is 8.58 Å². The molecular formula is C11H13FeP. The molecule has 0 aromatic heterocycles. The SMILES string of the molecule is C[C]1[CH][P][CH][C]1C.[CH]1[CH][CH][CH][CH]1.[Fe]. The summed E-state index contributed by atoms with van der Waals surface area (Å²) in [5.41, 5.74) is 0. The summed E-state index contributed by atoms with van der Waals surface area (Å²) in [6.45, 7) is 4.29. The van der Waals surface area contributed by atoms with Crippen molar-refractivity contribution in [3.05, 3.63) is 56.3 Å². The maximum absolute atomic E-state index is 2.22. The molecule has 1 heterocycles. The van der Waals surface area contributed by atoms with Crippen molar-refractivity contribution in [1.82, 2.24) is 0 Å². The first-order chi connectivity index (χ1) is 5.80. The predicted molar refractivity (Wildman–Crippen MR) is 54.9 cm³/mol. The van der Waals surface area contributed by atoms with Crippen molar-refractivity contribution in [3.8, 4) is 0 Å². The van der Waals surface area contributed by atoms with Gasteiger partial charge in [0.15, 0.2) is 0 Å². The zero-order chi connectivity index (χ0) is 8.81. The van der Waals surface area contributed by atoms with Gasteiger partial charge in [-0.05, 0) is 56.3 Å². The maximum Gasteiger partial charge on any atom is 0 e. The Bertz CT molecular complexity index is 97.0. The first-order valence-electron chi connectivity index (χ1n) is 4.01. The number of rotatable bonds is 0. The first-order valence-corrected chi connectivity index (χ1v) is 5.04. The Morgan fingerprint density at radius 3 is 1.23 bits per heavy atom. The maximum atomic E-state index is 2.22. The zero-order valence-corrected chi connectivity index (χ0v) is 9.84. The molecule has 1 aliphatic heterocycles. The molecule has 0 atom stereocenters. The Kier molecular flexibility index (Phi) is 8.88. The Hall–Kier alpha value is 0.949. The van der Waals surface area contributed by atoms with E-state index in [9.17, 15) is 0 Å². The average Bonchev–Trinajstić information content (AvgIpc) is 2.67. The second kappa shape index (κ2) is 8.27. The van der Waals surface area contributed by atoms with E-state index in [0.29, 0.717) is 0 Å². The Morgan fingerprint density at radius 2 is 1.08 bits per heavy atom. The number of hydrogen-bond acceptors (Lipinski definition) is 0. The molecule has 1 saturated carbocycles. The van der Waals surface area contributed by atoms with Gasteiger partial charge < -0.3 is 0 Å². The molecule has 13 heavy (non-hydrogen) atoms. The van der Waals surface area contributed by atoms with Crippen LogP contribution in [0, 0.1) is 56.3 Å². The minimum atomic E-state index is 0. The largest absolute Gasteiger partial charge is 0.0715 e. The Balaban J connectivity index is 0.000000215. The van der Waals surface area contributed by atoms with Gasteiger partial charge in [0.1, 0.15) is 0 Å². The summed E-state index contributed by atoms with van der Waals surface area (Å²) >= 11 is 0. The van der Waals surface area contributed by atoms with Crippen LogP contribution in [0.5, 0.6) is 0 Å². The van der Waals surface area contributed by atoms with Crippen molar-refractivity contribution in [2.75, 3.05) is 0 Å². The third-order valence-electron chi connectivity index (χ3n) is 1.71. The third kappa shape index (κ3) is 6.10. The van der Waals surface area contributed by atoms with Crippen molar-refractivity contribution in [3.63, 3.8) is 0 Å². The molecule has 2 rings (SSSR count). The van der Waals surface area contributed by atoms with Gasteiger partial charge in [-0.1, -0.05) is 22.4 Å². The van der Waals surface area contributed by atoms with Gasteiger partial charge in [0, 0.05) is 17.1 Å². The van der Waals surface area contributed by atoms with Crippen LogP contribution in [-0.2, 0) is 17.1 Å². The second-order valence-electron chi connectivity index (χ2n) is 2.74. The molecule has 0 aromatic rings. The zero-order valence-electron chi connectivity index (χ0n) is 7.84. The fraction of sp³-hybridized carbons (Fsp3) is 0.182. The molecule has 0 unspecified atom stereocenters. The van der Waals surface area contributed by atoms with Crippen LogP contribution in [0.15, 0.2) is 0 Å². The van der Waals surface area contributed by atoms with Gasteiger partial charge in [0.25, 0.3) is 0 Å². The average molecular weight is 232 g/mol. The number of hydrogen-bond donors (Lipinski definition) is 0. The van der Waals surface area contributed by atoms with E-state index < -0.39 is 0 Å². The molecule has 1 saturated heterocycles. The summed E-state index contributed by atoms with van der Waals surface area (Å²) in [4.78, 5) is 0. The fourth-order valence-corrected chi connectivity index (χ4v) is 1.71. The molecule has 0 amide bonds. The van der Waals surface area contributed by atoms with Crippen LogP contribution in [0.1, 0.15) is 13.8 Å². The van der Waals surface area contributed by atoms with Gasteiger partial charge in [-0.3, -0.25) is 0 Å². The van der Waals surface area contributed by atoms with Crippen LogP contribution < -0.4 is 0 Å². The normalized spacial score (nSPS) is 23.5. The molecule has 0 bridgehead atoms. The van der Waals surface area contributed by atoms with E-state index in [1.165, 1.54) is 20.4 Å². The van der Waals surface area contributed by atoms with Crippen molar-refractivity contribution in [2.45, 2.75) is 13.8 Å². The molecule has 0 aromatic carbocycles. The van der Waals surface area contributed by atoms with Gasteiger partial charge in [0.2, 0.25) is 0 Å². The van der Waals surface area contributed by atoms with E-state index in [-0.39, 0.29) is 17.1 Å². The van der Waals surface area contributed by atoms with Gasteiger partial charge in [-0.15, -0.1) is 0 Å². The van der Waals surface area contributed by atoms with Crippen LogP contribution in [-0.4, -0.2) is 0 Å². The third-order valence-corrected chi connectivity index (χ3v) is 2.79. The second-order valence-corrected chi connectivity index (χ2v) is 3.55. The van der Waals surface area contributed by atoms with Crippen LogP contribution in [0.25, 0.3) is 0 Å². The molecule has 0 nitrogen and oxygen atoms in total. The summed E-state index contributed by atoms with van der Waals surface area (Å²) in [5, 5.41) is 0. The standard InChI is InChI=1S/C6H8P.C5H5.Fe/c1-5-3-7-4-6(5)2;1-2-4-5-3-1;/h3-4H,1-2H3;1-5H;. The smallest absolute Gasteiger partial charge is 0 e. The van der Waals surface area contributed by atoms with E-state index in [1.807, 2.05) is 32.1 Å². The molecule has 10 radical (unpaired) electrons. The Labute approximate surface area is 95.9 Å². The van der Waals surface area contributed by atoms with E-state index in [1.54, 1.807) is 0 Å². The topological polar surface area (TPSA) is 0 Å². The van der Waals surface area contributed by atoms with Crippen molar-refractivity contribution < 1.29 is 17.1 Å². The first kappa shape index (κ1) is 13.9. The molecule has 2 heteroatoms. The minimum Gasteiger partial charge on any atom is -0.0715 e. The molecular weight excluding hydrogens is 219 g/mol. The van der Waals surface area contributed by atoms with Gasteiger partial charge in [-0.2, -0.15) is 0 Å². The monoisotopic (exact) mass is 232 g/mol. The van der Waals surface area contributed by atoms with Gasteiger partial charge in [0.05, 0.1) is 0 Å². The van der Waals surface area contributed by atoms with E-state index in [0.717, 1.165) is 0 Å².